The molecule has 19 heavy (non-hydrogen) atoms. The van der Waals surface area contributed by atoms with Gasteiger partial charge in [0.25, 0.3) is 0 Å². The van der Waals surface area contributed by atoms with E-state index in [0.717, 1.165) is 11.3 Å². The largest absolute Gasteiger partial charge is 0.473 e. The summed E-state index contributed by atoms with van der Waals surface area (Å²) in [5.74, 6) is 0.677. The van der Waals surface area contributed by atoms with Crippen LogP contribution < -0.4 is 4.74 Å². The second kappa shape index (κ2) is 6.27. The zero-order valence-electron chi connectivity index (χ0n) is 11.1. The Morgan fingerprint density at radius 3 is 2.63 bits per heavy atom. The molecular weight excluding hydrogens is 243 g/mol. The molecule has 0 radical (unpaired) electrons. The average molecular weight is 260 g/mol. The van der Waals surface area contributed by atoms with Gasteiger partial charge in [0.05, 0.1) is 6.67 Å². The Morgan fingerprint density at radius 2 is 1.95 bits per heavy atom. The molecule has 2 rings (SSSR count). The van der Waals surface area contributed by atoms with Crippen molar-refractivity contribution in [2.45, 2.75) is 26.4 Å². The standard InChI is InChI=1S/C15H17FN2O/c1-11(9-16)15-17-12(2)8-14(18-15)19-10-13-6-4-3-5-7-13/h3-8,11H,9-10H2,1-2H3. The van der Waals surface area contributed by atoms with Gasteiger partial charge in [-0.25, -0.2) is 4.98 Å². The number of halogens is 1. The summed E-state index contributed by atoms with van der Waals surface area (Å²) in [7, 11) is 0. The van der Waals surface area contributed by atoms with E-state index in [0.29, 0.717) is 18.3 Å². The minimum atomic E-state index is -0.471. The monoisotopic (exact) mass is 260 g/mol. The lowest BCUT2D eigenvalue weighted by Gasteiger charge is -2.10. The lowest BCUT2D eigenvalue weighted by atomic mass is 10.2. The predicted molar refractivity (Wildman–Crippen MR) is 71.9 cm³/mol. The minimum Gasteiger partial charge on any atom is -0.473 e. The van der Waals surface area contributed by atoms with Gasteiger partial charge in [0.1, 0.15) is 12.4 Å². The normalized spacial score (nSPS) is 12.2. The SMILES string of the molecule is Cc1cc(OCc2ccccc2)nc(C(C)CF)n1. The third-order valence-corrected chi connectivity index (χ3v) is 2.75. The summed E-state index contributed by atoms with van der Waals surface area (Å²) in [5.41, 5.74) is 1.85. The Morgan fingerprint density at radius 1 is 1.21 bits per heavy atom. The van der Waals surface area contributed by atoms with Gasteiger partial charge in [0, 0.05) is 17.7 Å². The highest BCUT2D eigenvalue weighted by molar-refractivity contribution is 5.19. The maximum Gasteiger partial charge on any atom is 0.217 e. The average Bonchev–Trinajstić information content (AvgIpc) is 2.45. The third-order valence-electron chi connectivity index (χ3n) is 2.75. The Bertz CT molecular complexity index is 531. The molecule has 3 nitrogen and oxygen atoms in total. The van der Waals surface area contributed by atoms with Crippen LogP contribution in [0.15, 0.2) is 36.4 Å². The number of rotatable bonds is 5. The van der Waals surface area contributed by atoms with E-state index in [2.05, 4.69) is 9.97 Å². The van der Waals surface area contributed by atoms with E-state index < -0.39 is 6.67 Å². The zero-order valence-corrected chi connectivity index (χ0v) is 11.1. The van der Waals surface area contributed by atoms with Crippen LogP contribution in [0.4, 0.5) is 4.39 Å². The lowest BCUT2D eigenvalue weighted by Crippen LogP contribution is -2.06. The zero-order chi connectivity index (χ0) is 13.7. The highest BCUT2D eigenvalue weighted by atomic mass is 19.1. The van der Waals surface area contributed by atoms with E-state index >= 15 is 0 Å². The number of aromatic nitrogens is 2. The molecule has 0 aliphatic rings. The van der Waals surface area contributed by atoms with Crippen molar-refractivity contribution in [3.8, 4) is 5.88 Å². The van der Waals surface area contributed by atoms with E-state index in [-0.39, 0.29) is 5.92 Å². The van der Waals surface area contributed by atoms with E-state index in [4.69, 9.17) is 4.74 Å². The van der Waals surface area contributed by atoms with Gasteiger partial charge in [0.15, 0.2) is 0 Å². The van der Waals surface area contributed by atoms with E-state index in [1.165, 1.54) is 0 Å². The molecule has 0 spiro atoms. The number of ether oxygens (including phenoxy) is 1. The number of nitrogens with zero attached hydrogens (tertiary/aromatic N) is 2. The second-order valence-electron chi connectivity index (χ2n) is 4.54. The third kappa shape index (κ3) is 3.74. The molecule has 0 aliphatic heterocycles. The minimum absolute atomic E-state index is 0.307. The molecule has 100 valence electrons. The summed E-state index contributed by atoms with van der Waals surface area (Å²) < 4.78 is 18.3. The number of benzene rings is 1. The molecule has 0 amide bonds. The van der Waals surface area contributed by atoms with Crippen LogP contribution >= 0.6 is 0 Å². The summed E-state index contributed by atoms with van der Waals surface area (Å²) in [4.78, 5) is 8.47. The van der Waals surface area contributed by atoms with Crippen LogP contribution in [0, 0.1) is 6.92 Å². The fraction of sp³-hybridized carbons (Fsp3) is 0.333. The van der Waals surface area contributed by atoms with E-state index in [9.17, 15) is 4.39 Å². The fourth-order valence-electron chi connectivity index (χ4n) is 1.66. The quantitative estimate of drug-likeness (QED) is 0.826. The van der Waals surface area contributed by atoms with Crippen LogP contribution in [0.3, 0.4) is 0 Å². The molecule has 0 bridgehead atoms. The smallest absolute Gasteiger partial charge is 0.217 e. The highest BCUT2D eigenvalue weighted by Gasteiger charge is 2.11. The Hall–Kier alpha value is -1.97. The summed E-state index contributed by atoms with van der Waals surface area (Å²) in [6.45, 7) is 3.59. The van der Waals surface area contributed by atoms with Crippen LogP contribution in [0.25, 0.3) is 0 Å². The molecule has 1 aromatic heterocycles. The second-order valence-corrected chi connectivity index (χ2v) is 4.54. The molecule has 0 N–H and O–H groups in total. The van der Waals surface area contributed by atoms with Crippen LogP contribution in [-0.2, 0) is 6.61 Å². The topological polar surface area (TPSA) is 35.0 Å². The van der Waals surface area contributed by atoms with Crippen molar-refractivity contribution in [1.29, 1.82) is 0 Å². The first-order valence-corrected chi connectivity index (χ1v) is 6.27. The van der Waals surface area contributed by atoms with E-state index in [1.54, 1.807) is 13.0 Å². The number of hydrogen-bond donors (Lipinski definition) is 0. The Labute approximate surface area is 112 Å². The van der Waals surface area contributed by atoms with Crippen LogP contribution in [0.5, 0.6) is 5.88 Å². The predicted octanol–water partition coefficient (Wildman–Crippen LogP) is 3.44. The van der Waals surface area contributed by atoms with Gasteiger partial charge in [0.2, 0.25) is 5.88 Å². The molecule has 1 heterocycles. The van der Waals surface area contributed by atoms with Gasteiger partial charge < -0.3 is 4.74 Å². The van der Waals surface area contributed by atoms with Crippen molar-refractivity contribution in [2.24, 2.45) is 0 Å². The van der Waals surface area contributed by atoms with E-state index in [1.807, 2.05) is 37.3 Å². The van der Waals surface area contributed by atoms with Crippen LogP contribution in [-0.4, -0.2) is 16.6 Å². The lowest BCUT2D eigenvalue weighted by molar-refractivity contribution is 0.290. The van der Waals surface area contributed by atoms with Crippen LogP contribution in [0.1, 0.15) is 29.9 Å². The molecule has 0 fully saturated rings. The first-order chi connectivity index (χ1) is 9.19. The number of aryl methyl sites for hydroxylation is 1. The molecule has 0 aliphatic carbocycles. The molecule has 0 saturated carbocycles. The van der Waals surface area contributed by atoms with Gasteiger partial charge in [-0.05, 0) is 12.5 Å². The van der Waals surface area contributed by atoms with Gasteiger partial charge in [-0.2, -0.15) is 4.98 Å². The summed E-state index contributed by atoms with van der Waals surface area (Å²) in [5, 5.41) is 0. The van der Waals surface area contributed by atoms with Crippen molar-refractivity contribution in [3.05, 3.63) is 53.5 Å². The maximum atomic E-state index is 12.7. The van der Waals surface area contributed by atoms with Gasteiger partial charge in [-0.3, -0.25) is 4.39 Å². The van der Waals surface area contributed by atoms with Crippen molar-refractivity contribution in [1.82, 2.24) is 9.97 Å². The molecule has 2 aromatic rings. The Kier molecular flexibility index (Phi) is 4.44. The molecule has 1 unspecified atom stereocenters. The summed E-state index contributed by atoms with van der Waals surface area (Å²) in [6, 6.07) is 11.6. The summed E-state index contributed by atoms with van der Waals surface area (Å²) in [6.07, 6.45) is 0. The van der Waals surface area contributed by atoms with Crippen molar-refractivity contribution < 1.29 is 9.13 Å². The molecule has 0 saturated heterocycles. The van der Waals surface area contributed by atoms with Crippen molar-refractivity contribution in [3.63, 3.8) is 0 Å². The van der Waals surface area contributed by atoms with Crippen molar-refractivity contribution >= 4 is 0 Å². The first-order valence-electron chi connectivity index (χ1n) is 6.27. The number of alkyl halides is 1. The Balaban J connectivity index is 2.10. The molecule has 1 atom stereocenters. The maximum absolute atomic E-state index is 12.7. The highest BCUT2D eigenvalue weighted by Crippen LogP contribution is 2.17. The number of hydrogen-bond acceptors (Lipinski definition) is 3. The molecular formula is C15H17FN2O. The summed E-state index contributed by atoms with van der Waals surface area (Å²) >= 11 is 0. The fourth-order valence-corrected chi connectivity index (χ4v) is 1.66. The van der Waals surface area contributed by atoms with Gasteiger partial charge in [-0.1, -0.05) is 37.3 Å². The first kappa shape index (κ1) is 13.5. The molecule has 1 aromatic carbocycles. The van der Waals surface area contributed by atoms with Gasteiger partial charge >= 0.3 is 0 Å². The molecule has 4 heteroatoms. The van der Waals surface area contributed by atoms with Crippen LogP contribution in [0.2, 0.25) is 0 Å². The van der Waals surface area contributed by atoms with Gasteiger partial charge in [-0.15, -0.1) is 0 Å². The van der Waals surface area contributed by atoms with Crippen molar-refractivity contribution in [2.75, 3.05) is 6.67 Å².